The zero-order chi connectivity index (χ0) is 15.7. The van der Waals surface area contributed by atoms with Crippen LogP contribution in [0, 0.1) is 0 Å². The summed E-state index contributed by atoms with van der Waals surface area (Å²) >= 11 is 0. The van der Waals surface area contributed by atoms with E-state index in [9.17, 15) is 0 Å². The standard InChI is InChI=1S/C15H26N4O2/c1-6-16-14(18-11-15(2,3)21-5)17-10-12-8-7-9-13(19-12)20-4/h7-9H,6,10-11H2,1-5H3,(H2,16,17,18). The van der Waals surface area contributed by atoms with Crippen molar-refractivity contribution in [2.45, 2.75) is 32.9 Å². The van der Waals surface area contributed by atoms with Gasteiger partial charge in [0.2, 0.25) is 5.88 Å². The normalized spacial score (nSPS) is 12.1. The third-order valence-corrected chi connectivity index (χ3v) is 2.97. The van der Waals surface area contributed by atoms with E-state index in [1.54, 1.807) is 14.2 Å². The number of nitrogens with zero attached hydrogens (tertiary/aromatic N) is 2. The van der Waals surface area contributed by atoms with Crippen LogP contribution < -0.4 is 15.4 Å². The summed E-state index contributed by atoms with van der Waals surface area (Å²) in [6, 6.07) is 5.65. The fourth-order valence-electron chi connectivity index (χ4n) is 1.53. The summed E-state index contributed by atoms with van der Waals surface area (Å²) in [5.41, 5.74) is 0.613. The molecule has 0 amide bonds. The minimum absolute atomic E-state index is 0.246. The molecule has 1 heterocycles. The Morgan fingerprint density at radius 3 is 2.67 bits per heavy atom. The van der Waals surface area contributed by atoms with Gasteiger partial charge in [-0.1, -0.05) is 6.07 Å². The Bertz CT molecular complexity index is 461. The maximum absolute atomic E-state index is 5.39. The average Bonchev–Trinajstić information content (AvgIpc) is 2.50. The number of hydrogen-bond acceptors (Lipinski definition) is 4. The van der Waals surface area contributed by atoms with Gasteiger partial charge >= 0.3 is 0 Å². The summed E-state index contributed by atoms with van der Waals surface area (Å²) in [7, 11) is 3.31. The minimum atomic E-state index is -0.246. The molecule has 0 radical (unpaired) electrons. The van der Waals surface area contributed by atoms with E-state index in [1.807, 2.05) is 39.0 Å². The smallest absolute Gasteiger partial charge is 0.213 e. The number of aromatic nitrogens is 1. The maximum Gasteiger partial charge on any atom is 0.213 e. The van der Waals surface area contributed by atoms with Crippen LogP contribution in [0.3, 0.4) is 0 Å². The molecule has 118 valence electrons. The molecule has 0 bridgehead atoms. The molecule has 21 heavy (non-hydrogen) atoms. The van der Waals surface area contributed by atoms with Crippen LogP contribution in [0.15, 0.2) is 23.2 Å². The molecule has 1 aromatic rings. The third-order valence-electron chi connectivity index (χ3n) is 2.97. The molecule has 1 rings (SSSR count). The van der Waals surface area contributed by atoms with E-state index >= 15 is 0 Å². The van der Waals surface area contributed by atoms with Crippen molar-refractivity contribution in [3.8, 4) is 5.88 Å². The van der Waals surface area contributed by atoms with Crippen LogP contribution in [0.1, 0.15) is 26.5 Å². The van der Waals surface area contributed by atoms with Crippen molar-refractivity contribution in [1.29, 1.82) is 0 Å². The molecule has 6 heteroatoms. The molecule has 0 atom stereocenters. The first kappa shape index (κ1) is 17.2. The van der Waals surface area contributed by atoms with Crippen molar-refractivity contribution in [3.05, 3.63) is 23.9 Å². The molecule has 0 aliphatic rings. The molecule has 0 unspecified atom stereocenters. The lowest BCUT2D eigenvalue weighted by Crippen LogP contribution is -2.45. The van der Waals surface area contributed by atoms with Crippen LogP contribution in [-0.4, -0.2) is 43.9 Å². The first-order valence-corrected chi connectivity index (χ1v) is 7.08. The van der Waals surface area contributed by atoms with Crippen LogP contribution in [0.2, 0.25) is 0 Å². The van der Waals surface area contributed by atoms with E-state index in [2.05, 4.69) is 20.6 Å². The highest BCUT2D eigenvalue weighted by Gasteiger charge is 2.16. The molecule has 0 spiro atoms. The van der Waals surface area contributed by atoms with Gasteiger partial charge in [-0.15, -0.1) is 0 Å². The fourth-order valence-corrected chi connectivity index (χ4v) is 1.53. The molecule has 0 saturated carbocycles. The predicted octanol–water partition coefficient (Wildman–Crippen LogP) is 1.57. The van der Waals surface area contributed by atoms with Crippen LogP contribution in [-0.2, 0) is 11.3 Å². The van der Waals surface area contributed by atoms with Crippen molar-refractivity contribution in [2.75, 3.05) is 27.3 Å². The Kier molecular flexibility index (Phi) is 6.94. The second-order valence-electron chi connectivity index (χ2n) is 5.18. The highest BCUT2D eigenvalue weighted by Crippen LogP contribution is 2.07. The largest absolute Gasteiger partial charge is 0.481 e. The summed E-state index contributed by atoms with van der Waals surface area (Å²) < 4.78 is 10.5. The minimum Gasteiger partial charge on any atom is -0.481 e. The van der Waals surface area contributed by atoms with Gasteiger partial charge in [0, 0.05) is 26.3 Å². The van der Waals surface area contributed by atoms with Crippen LogP contribution in [0.5, 0.6) is 5.88 Å². The molecule has 0 aromatic carbocycles. The molecular formula is C15H26N4O2. The average molecular weight is 294 g/mol. The van der Waals surface area contributed by atoms with Gasteiger partial charge in [0.25, 0.3) is 0 Å². The van der Waals surface area contributed by atoms with Gasteiger partial charge in [-0.2, -0.15) is 0 Å². The van der Waals surface area contributed by atoms with Crippen molar-refractivity contribution >= 4 is 5.96 Å². The summed E-state index contributed by atoms with van der Waals surface area (Å²) in [6.07, 6.45) is 0. The van der Waals surface area contributed by atoms with E-state index in [0.29, 0.717) is 19.0 Å². The van der Waals surface area contributed by atoms with E-state index in [-0.39, 0.29) is 5.60 Å². The van der Waals surface area contributed by atoms with E-state index in [4.69, 9.17) is 9.47 Å². The second kappa shape index (κ2) is 8.46. The van der Waals surface area contributed by atoms with E-state index < -0.39 is 0 Å². The number of ether oxygens (including phenoxy) is 2. The van der Waals surface area contributed by atoms with Gasteiger partial charge in [0.15, 0.2) is 5.96 Å². The molecule has 0 aliphatic carbocycles. The highest BCUT2D eigenvalue weighted by atomic mass is 16.5. The van der Waals surface area contributed by atoms with Gasteiger partial charge in [0.1, 0.15) is 0 Å². The first-order valence-electron chi connectivity index (χ1n) is 7.08. The number of aliphatic imine (C=N–C) groups is 1. The summed E-state index contributed by atoms with van der Waals surface area (Å²) in [5.74, 6) is 1.34. The van der Waals surface area contributed by atoms with E-state index in [0.717, 1.165) is 18.2 Å². The van der Waals surface area contributed by atoms with Crippen LogP contribution >= 0.6 is 0 Å². The lowest BCUT2D eigenvalue weighted by Gasteiger charge is -2.24. The van der Waals surface area contributed by atoms with Crippen LogP contribution in [0.25, 0.3) is 0 Å². The van der Waals surface area contributed by atoms with Crippen molar-refractivity contribution in [3.63, 3.8) is 0 Å². The number of rotatable bonds is 7. The Morgan fingerprint density at radius 1 is 1.29 bits per heavy atom. The molecule has 2 N–H and O–H groups in total. The number of pyridine rings is 1. The first-order chi connectivity index (χ1) is 10.0. The summed E-state index contributed by atoms with van der Waals surface area (Å²) in [4.78, 5) is 8.86. The quantitative estimate of drug-likeness (QED) is 0.590. The Balaban J connectivity index is 2.66. The monoisotopic (exact) mass is 294 g/mol. The SMILES string of the molecule is CCNC(=NCc1cccc(OC)n1)NCC(C)(C)OC. The summed E-state index contributed by atoms with van der Waals surface area (Å²) in [6.45, 7) is 8.02. The number of hydrogen-bond donors (Lipinski definition) is 2. The van der Waals surface area contributed by atoms with Crippen LogP contribution in [0.4, 0.5) is 0 Å². The molecule has 6 nitrogen and oxygen atoms in total. The lowest BCUT2D eigenvalue weighted by atomic mass is 10.1. The fraction of sp³-hybridized carbons (Fsp3) is 0.600. The number of nitrogens with one attached hydrogen (secondary N) is 2. The van der Waals surface area contributed by atoms with Gasteiger partial charge in [0.05, 0.1) is 24.9 Å². The molecule has 0 saturated heterocycles. The Morgan fingerprint density at radius 2 is 2.05 bits per heavy atom. The molecule has 0 fully saturated rings. The zero-order valence-electron chi connectivity index (χ0n) is 13.6. The van der Waals surface area contributed by atoms with Gasteiger partial charge in [-0.25, -0.2) is 9.98 Å². The third kappa shape index (κ3) is 6.44. The lowest BCUT2D eigenvalue weighted by molar-refractivity contribution is 0.0268. The zero-order valence-corrected chi connectivity index (χ0v) is 13.6. The number of guanidine groups is 1. The molecule has 1 aromatic heterocycles. The Labute approximate surface area is 127 Å². The maximum atomic E-state index is 5.39. The topological polar surface area (TPSA) is 67.8 Å². The Hall–Kier alpha value is -1.82. The predicted molar refractivity (Wildman–Crippen MR) is 84.7 cm³/mol. The second-order valence-corrected chi connectivity index (χ2v) is 5.18. The van der Waals surface area contributed by atoms with E-state index in [1.165, 1.54) is 0 Å². The molecule has 0 aliphatic heterocycles. The van der Waals surface area contributed by atoms with Crippen molar-refractivity contribution < 1.29 is 9.47 Å². The van der Waals surface area contributed by atoms with Gasteiger partial charge in [-0.3, -0.25) is 0 Å². The van der Waals surface area contributed by atoms with Crippen molar-refractivity contribution in [2.24, 2.45) is 4.99 Å². The van der Waals surface area contributed by atoms with Gasteiger partial charge < -0.3 is 20.1 Å². The number of methoxy groups -OCH3 is 2. The molecular weight excluding hydrogens is 268 g/mol. The van der Waals surface area contributed by atoms with Crippen molar-refractivity contribution in [1.82, 2.24) is 15.6 Å². The highest BCUT2D eigenvalue weighted by molar-refractivity contribution is 5.79. The summed E-state index contributed by atoms with van der Waals surface area (Å²) in [5, 5.41) is 6.47. The van der Waals surface area contributed by atoms with Gasteiger partial charge in [-0.05, 0) is 26.8 Å².